The van der Waals surface area contributed by atoms with Crippen molar-refractivity contribution >= 4 is 26.5 Å². The van der Waals surface area contributed by atoms with Gasteiger partial charge >= 0.3 is 0 Å². The lowest BCUT2D eigenvalue weighted by Crippen LogP contribution is -2.26. The molecule has 0 saturated heterocycles. The molecular formula is C11H21N3O2S2. The molecule has 0 aliphatic heterocycles. The minimum Gasteiger partial charge on any atom is -0.357 e. The van der Waals surface area contributed by atoms with E-state index in [-0.39, 0.29) is 23.0 Å². The van der Waals surface area contributed by atoms with Gasteiger partial charge in [0, 0.05) is 28.7 Å². The van der Waals surface area contributed by atoms with Crippen molar-refractivity contribution in [1.29, 1.82) is 0 Å². The standard InChI is InChI=1S/C11H21N3O2S2/c1-6-18(15,16)7-8(2)12-10-13-9(14-17-10)11(3,4)5/h8H,6-7H2,1-5H3,(H,12,13,14). The van der Waals surface area contributed by atoms with Gasteiger partial charge in [0.15, 0.2) is 9.84 Å². The number of hydrogen-bond donors (Lipinski definition) is 1. The maximum absolute atomic E-state index is 11.5. The monoisotopic (exact) mass is 291 g/mol. The molecule has 0 saturated carbocycles. The molecule has 1 N–H and O–H groups in total. The molecule has 1 heterocycles. The first-order valence-corrected chi connectivity index (χ1v) is 8.54. The maximum atomic E-state index is 11.5. The molecule has 0 aliphatic rings. The quantitative estimate of drug-likeness (QED) is 0.899. The van der Waals surface area contributed by atoms with E-state index in [0.717, 1.165) is 5.82 Å². The molecule has 0 radical (unpaired) electrons. The van der Waals surface area contributed by atoms with Crippen molar-refractivity contribution in [2.24, 2.45) is 0 Å². The van der Waals surface area contributed by atoms with E-state index in [0.29, 0.717) is 5.13 Å². The summed E-state index contributed by atoms with van der Waals surface area (Å²) in [6.07, 6.45) is 0. The van der Waals surface area contributed by atoms with Crippen LogP contribution in [0.5, 0.6) is 0 Å². The van der Waals surface area contributed by atoms with Crippen LogP contribution < -0.4 is 5.32 Å². The van der Waals surface area contributed by atoms with Gasteiger partial charge in [-0.3, -0.25) is 0 Å². The van der Waals surface area contributed by atoms with E-state index >= 15 is 0 Å². The number of hydrogen-bond acceptors (Lipinski definition) is 6. The second-order valence-electron chi connectivity index (χ2n) is 5.42. The zero-order chi connectivity index (χ0) is 14.0. The number of anilines is 1. The summed E-state index contributed by atoms with van der Waals surface area (Å²) < 4.78 is 27.3. The average Bonchev–Trinajstić information content (AvgIpc) is 2.64. The molecule has 7 heteroatoms. The van der Waals surface area contributed by atoms with E-state index < -0.39 is 9.84 Å². The summed E-state index contributed by atoms with van der Waals surface area (Å²) in [5, 5.41) is 3.77. The minimum atomic E-state index is -2.97. The Bertz CT molecular complexity index is 489. The predicted molar refractivity (Wildman–Crippen MR) is 76.0 cm³/mol. The highest BCUT2D eigenvalue weighted by Gasteiger charge is 2.21. The zero-order valence-electron chi connectivity index (χ0n) is 11.5. The summed E-state index contributed by atoms with van der Waals surface area (Å²) in [6.45, 7) is 9.63. The Morgan fingerprint density at radius 1 is 1.39 bits per heavy atom. The Morgan fingerprint density at radius 2 is 2.00 bits per heavy atom. The number of nitrogens with one attached hydrogen (secondary N) is 1. The molecule has 1 aromatic rings. The highest BCUT2D eigenvalue weighted by Crippen LogP contribution is 2.23. The van der Waals surface area contributed by atoms with Crippen LogP contribution in [-0.4, -0.2) is 35.3 Å². The van der Waals surface area contributed by atoms with E-state index in [2.05, 4.69) is 14.7 Å². The first-order valence-electron chi connectivity index (χ1n) is 5.95. The molecule has 18 heavy (non-hydrogen) atoms. The Morgan fingerprint density at radius 3 is 2.44 bits per heavy atom. The van der Waals surface area contributed by atoms with Crippen molar-refractivity contribution in [2.45, 2.75) is 46.1 Å². The van der Waals surface area contributed by atoms with E-state index in [1.807, 2.05) is 27.7 Å². The predicted octanol–water partition coefficient (Wildman–Crippen LogP) is 2.07. The van der Waals surface area contributed by atoms with Gasteiger partial charge in [-0.2, -0.15) is 4.37 Å². The third-order valence-electron chi connectivity index (χ3n) is 2.41. The molecule has 1 atom stereocenters. The molecule has 0 bridgehead atoms. The Hall–Kier alpha value is -0.690. The van der Waals surface area contributed by atoms with Crippen LogP contribution in [0.3, 0.4) is 0 Å². The van der Waals surface area contributed by atoms with E-state index in [1.54, 1.807) is 6.92 Å². The fraction of sp³-hybridized carbons (Fsp3) is 0.818. The number of aromatic nitrogens is 2. The number of rotatable bonds is 5. The molecule has 104 valence electrons. The third-order valence-corrected chi connectivity index (χ3v) is 4.94. The molecule has 1 aromatic heterocycles. The first kappa shape index (κ1) is 15.4. The summed E-state index contributed by atoms with van der Waals surface area (Å²) in [5.74, 6) is 1.07. The first-order chi connectivity index (χ1) is 8.14. The van der Waals surface area contributed by atoms with Gasteiger partial charge in [-0.25, -0.2) is 13.4 Å². The van der Waals surface area contributed by atoms with Crippen molar-refractivity contribution in [3.8, 4) is 0 Å². The summed E-state index contributed by atoms with van der Waals surface area (Å²) in [5.41, 5.74) is -0.0881. The maximum Gasteiger partial charge on any atom is 0.202 e. The number of nitrogens with zero attached hydrogens (tertiary/aromatic N) is 2. The van der Waals surface area contributed by atoms with Crippen molar-refractivity contribution in [1.82, 2.24) is 9.36 Å². The Kier molecular flexibility index (Phi) is 4.72. The van der Waals surface area contributed by atoms with Crippen molar-refractivity contribution < 1.29 is 8.42 Å². The van der Waals surface area contributed by atoms with Crippen LogP contribution in [0, 0.1) is 0 Å². The normalized spacial score (nSPS) is 14.5. The highest BCUT2D eigenvalue weighted by atomic mass is 32.2. The SMILES string of the molecule is CCS(=O)(=O)CC(C)Nc1nc(C(C)(C)C)ns1. The second-order valence-corrected chi connectivity index (χ2v) is 8.57. The highest BCUT2D eigenvalue weighted by molar-refractivity contribution is 7.91. The van der Waals surface area contributed by atoms with Crippen LogP contribution in [-0.2, 0) is 15.3 Å². The van der Waals surface area contributed by atoms with Gasteiger partial charge in [0.05, 0.1) is 5.75 Å². The smallest absolute Gasteiger partial charge is 0.202 e. The van der Waals surface area contributed by atoms with Crippen LogP contribution in [0.4, 0.5) is 5.13 Å². The van der Waals surface area contributed by atoms with Gasteiger partial charge in [-0.15, -0.1) is 0 Å². The van der Waals surface area contributed by atoms with Crippen LogP contribution in [0.15, 0.2) is 0 Å². The third kappa shape index (κ3) is 4.53. The van der Waals surface area contributed by atoms with Crippen LogP contribution in [0.25, 0.3) is 0 Å². The Labute approximate surface area is 113 Å². The Balaban J connectivity index is 2.66. The topological polar surface area (TPSA) is 72.0 Å². The molecule has 0 aromatic carbocycles. The van der Waals surface area contributed by atoms with Gasteiger partial charge < -0.3 is 5.32 Å². The molecule has 0 fully saturated rings. The molecule has 1 unspecified atom stereocenters. The lowest BCUT2D eigenvalue weighted by atomic mass is 9.96. The van der Waals surface area contributed by atoms with E-state index in [1.165, 1.54) is 11.5 Å². The van der Waals surface area contributed by atoms with Gasteiger partial charge in [-0.05, 0) is 6.92 Å². The van der Waals surface area contributed by atoms with Crippen LogP contribution in [0.1, 0.15) is 40.4 Å². The minimum absolute atomic E-state index is 0.0881. The fourth-order valence-corrected chi connectivity index (χ4v) is 3.29. The number of sulfone groups is 1. The largest absolute Gasteiger partial charge is 0.357 e. The zero-order valence-corrected chi connectivity index (χ0v) is 13.2. The van der Waals surface area contributed by atoms with Gasteiger partial charge in [0.25, 0.3) is 0 Å². The van der Waals surface area contributed by atoms with Crippen molar-refractivity contribution in [3.63, 3.8) is 0 Å². The lowest BCUT2D eigenvalue weighted by Gasteiger charge is -2.13. The summed E-state index contributed by atoms with van der Waals surface area (Å²) >= 11 is 1.27. The summed E-state index contributed by atoms with van der Waals surface area (Å²) in [4.78, 5) is 4.38. The van der Waals surface area contributed by atoms with Crippen LogP contribution in [0.2, 0.25) is 0 Å². The van der Waals surface area contributed by atoms with Gasteiger partial charge in [0.1, 0.15) is 5.82 Å². The lowest BCUT2D eigenvalue weighted by molar-refractivity contribution is 0.555. The summed E-state index contributed by atoms with van der Waals surface area (Å²) in [7, 11) is -2.97. The van der Waals surface area contributed by atoms with E-state index in [9.17, 15) is 8.42 Å². The average molecular weight is 291 g/mol. The fourth-order valence-electron chi connectivity index (χ4n) is 1.34. The van der Waals surface area contributed by atoms with Crippen molar-refractivity contribution in [3.05, 3.63) is 5.82 Å². The van der Waals surface area contributed by atoms with E-state index in [4.69, 9.17) is 0 Å². The second kappa shape index (κ2) is 5.52. The molecule has 0 aliphatic carbocycles. The molecule has 5 nitrogen and oxygen atoms in total. The molecule has 0 spiro atoms. The van der Waals surface area contributed by atoms with Gasteiger partial charge in [0.2, 0.25) is 5.13 Å². The summed E-state index contributed by atoms with van der Waals surface area (Å²) in [6, 6.07) is -0.157. The molecule has 1 rings (SSSR count). The van der Waals surface area contributed by atoms with Gasteiger partial charge in [-0.1, -0.05) is 27.7 Å². The molecular weight excluding hydrogens is 270 g/mol. The molecule has 0 amide bonds. The van der Waals surface area contributed by atoms with Crippen LogP contribution >= 0.6 is 11.5 Å². The van der Waals surface area contributed by atoms with Crippen molar-refractivity contribution in [2.75, 3.05) is 16.8 Å².